The van der Waals surface area contributed by atoms with E-state index in [0.29, 0.717) is 0 Å². The number of hydrazone groups is 1. The van der Waals surface area contributed by atoms with E-state index in [-0.39, 0.29) is 0 Å². The van der Waals surface area contributed by atoms with Gasteiger partial charge in [0.1, 0.15) is 0 Å². The minimum absolute atomic E-state index is 0.950. The van der Waals surface area contributed by atoms with Gasteiger partial charge >= 0.3 is 0 Å². The standard InChI is InChI=1S/C16H18N4/c1-2-6-16(7-3-1)19-9-11-20(12-10-19)18-14-15-5-4-8-17-13-15/h1-8,13-14H,9-12H2/b18-14+. The van der Waals surface area contributed by atoms with Gasteiger partial charge in [-0.25, -0.2) is 0 Å². The van der Waals surface area contributed by atoms with E-state index in [9.17, 15) is 0 Å². The maximum Gasteiger partial charge on any atom is 0.0558 e. The highest BCUT2D eigenvalue weighted by Gasteiger charge is 2.15. The summed E-state index contributed by atoms with van der Waals surface area (Å²) in [6.45, 7) is 3.92. The first-order chi connectivity index (χ1) is 9.92. The quantitative estimate of drug-likeness (QED) is 0.799. The van der Waals surface area contributed by atoms with E-state index >= 15 is 0 Å². The van der Waals surface area contributed by atoms with Crippen LogP contribution >= 0.6 is 0 Å². The number of pyridine rings is 1. The molecule has 0 unspecified atom stereocenters. The Morgan fingerprint density at radius 1 is 0.950 bits per heavy atom. The van der Waals surface area contributed by atoms with E-state index in [4.69, 9.17) is 0 Å². The number of aromatic nitrogens is 1. The Morgan fingerprint density at radius 2 is 1.75 bits per heavy atom. The predicted octanol–water partition coefficient (Wildman–Crippen LogP) is 2.24. The zero-order chi connectivity index (χ0) is 13.6. The maximum absolute atomic E-state index is 4.52. The summed E-state index contributed by atoms with van der Waals surface area (Å²) in [5.41, 5.74) is 2.33. The van der Waals surface area contributed by atoms with Crippen molar-refractivity contribution in [3.8, 4) is 0 Å². The van der Waals surface area contributed by atoms with Crippen LogP contribution in [0.4, 0.5) is 5.69 Å². The van der Waals surface area contributed by atoms with Gasteiger partial charge in [0, 0.05) is 36.7 Å². The summed E-state index contributed by atoms with van der Waals surface area (Å²) in [4.78, 5) is 6.48. The van der Waals surface area contributed by atoms with Crippen molar-refractivity contribution in [3.63, 3.8) is 0 Å². The second kappa shape index (κ2) is 6.19. The second-order valence-electron chi connectivity index (χ2n) is 4.81. The summed E-state index contributed by atoms with van der Waals surface area (Å²) in [6, 6.07) is 14.5. The lowest BCUT2D eigenvalue weighted by Gasteiger charge is -2.34. The summed E-state index contributed by atoms with van der Waals surface area (Å²) < 4.78 is 0. The fourth-order valence-corrected chi connectivity index (χ4v) is 2.31. The molecule has 0 spiro atoms. The molecule has 3 rings (SSSR count). The minimum Gasteiger partial charge on any atom is -0.368 e. The van der Waals surface area contributed by atoms with Gasteiger partial charge in [0.05, 0.1) is 19.3 Å². The van der Waals surface area contributed by atoms with E-state index in [2.05, 4.69) is 50.3 Å². The molecule has 20 heavy (non-hydrogen) atoms. The van der Waals surface area contributed by atoms with Crippen molar-refractivity contribution in [2.75, 3.05) is 31.1 Å². The van der Waals surface area contributed by atoms with Crippen LogP contribution < -0.4 is 4.90 Å². The highest BCUT2D eigenvalue weighted by atomic mass is 15.5. The van der Waals surface area contributed by atoms with E-state index in [1.54, 1.807) is 6.20 Å². The van der Waals surface area contributed by atoms with E-state index in [0.717, 1.165) is 31.7 Å². The van der Waals surface area contributed by atoms with Gasteiger partial charge in [-0.1, -0.05) is 24.3 Å². The first kappa shape index (κ1) is 12.7. The van der Waals surface area contributed by atoms with E-state index in [1.807, 2.05) is 24.5 Å². The Bertz CT molecular complexity index is 545. The molecule has 1 aromatic carbocycles. The normalized spacial score (nSPS) is 15.8. The molecule has 1 aromatic heterocycles. The number of piperazine rings is 1. The lowest BCUT2D eigenvalue weighted by molar-refractivity contribution is 0.272. The molecule has 102 valence electrons. The van der Waals surface area contributed by atoms with Gasteiger partial charge < -0.3 is 4.90 Å². The Kier molecular flexibility index (Phi) is 3.92. The predicted molar refractivity (Wildman–Crippen MR) is 82.1 cm³/mol. The van der Waals surface area contributed by atoms with Gasteiger partial charge in [0.2, 0.25) is 0 Å². The van der Waals surface area contributed by atoms with Crippen molar-refractivity contribution in [2.24, 2.45) is 5.10 Å². The zero-order valence-electron chi connectivity index (χ0n) is 11.4. The lowest BCUT2D eigenvalue weighted by Crippen LogP contribution is -2.44. The highest BCUT2D eigenvalue weighted by Crippen LogP contribution is 2.15. The molecule has 4 nitrogen and oxygen atoms in total. The summed E-state index contributed by atoms with van der Waals surface area (Å²) >= 11 is 0. The average molecular weight is 266 g/mol. The van der Waals surface area contributed by atoms with Gasteiger partial charge in [-0.15, -0.1) is 0 Å². The van der Waals surface area contributed by atoms with Crippen LogP contribution in [0, 0.1) is 0 Å². The van der Waals surface area contributed by atoms with Crippen LogP contribution in [0.15, 0.2) is 60.0 Å². The fourth-order valence-electron chi connectivity index (χ4n) is 2.31. The number of hydrogen-bond donors (Lipinski definition) is 0. The molecule has 1 fully saturated rings. The van der Waals surface area contributed by atoms with E-state index in [1.165, 1.54) is 5.69 Å². The monoisotopic (exact) mass is 266 g/mol. The molecule has 0 bridgehead atoms. The lowest BCUT2D eigenvalue weighted by atomic mass is 10.2. The van der Waals surface area contributed by atoms with Crippen molar-refractivity contribution < 1.29 is 0 Å². The topological polar surface area (TPSA) is 31.7 Å². The van der Waals surface area contributed by atoms with Crippen molar-refractivity contribution in [2.45, 2.75) is 0 Å². The molecule has 2 heterocycles. The molecule has 0 atom stereocenters. The smallest absolute Gasteiger partial charge is 0.0558 e. The third-order valence-corrected chi connectivity index (χ3v) is 3.43. The maximum atomic E-state index is 4.52. The van der Waals surface area contributed by atoms with Crippen molar-refractivity contribution in [1.82, 2.24) is 9.99 Å². The van der Waals surface area contributed by atoms with Gasteiger partial charge in [-0.2, -0.15) is 5.10 Å². The summed E-state index contributed by atoms with van der Waals surface area (Å²) in [5.74, 6) is 0. The third-order valence-electron chi connectivity index (χ3n) is 3.43. The third kappa shape index (κ3) is 3.15. The molecular formula is C16H18N4. The first-order valence-corrected chi connectivity index (χ1v) is 6.91. The van der Waals surface area contributed by atoms with Crippen LogP contribution in [0.25, 0.3) is 0 Å². The van der Waals surface area contributed by atoms with Crippen molar-refractivity contribution in [3.05, 3.63) is 60.4 Å². The summed E-state index contributed by atoms with van der Waals surface area (Å²) in [7, 11) is 0. The SMILES string of the molecule is C(=N\N1CCN(c2ccccc2)CC1)/c1cccnc1. The number of rotatable bonds is 3. The van der Waals surface area contributed by atoms with Crippen LogP contribution in [0.5, 0.6) is 0 Å². The Morgan fingerprint density at radius 3 is 2.45 bits per heavy atom. The molecule has 2 aromatic rings. The number of nitrogens with zero attached hydrogens (tertiary/aromatic N) is 4. The molecule has 4 heteroatoms. The van der Waals surface area contributed by atoms with Gasteiger partial charge in [0.15, 0.2) is 0 Å². The molecule has 0 amide bonds. The average Bonchev–Trinajstić information content (AvgIpc) is 2.55. The van der Waals surface area contributed by atoms with Gasteiger partial charge in [0.25, 0.3) is 0 Å². The van der Waals surface area contributed by atoms with Crippen LogP contribution in [0.3, 0.4) is 0 Å². The van der Waals surface area contributed by atoms with Crippen LogP contribution in [-0.2, 0) is 0 Å². The highest BCUT2D eigenvalue weighted by molar-refractivity contribution is 5.78. The van der Waals surface area contributed by atoms with Gasteiger partial charge in [-0.05, 0) is 18.2 Å². The number of para-hydroxylation sites is 1. The summed E-state index contributed by atoms with van der Waals surface area (Å²) in [5, 5.41) is 6.64. The molecule has 1 saturated heterocycles. The Balaban J connectivity index is 1.55. The number of benzene rings is 1. The van der Waals surface area contributed by atoms with E-state index < -0.39 is 0 Å². The van der Waals surface area contributed by atoms with Gasteiger partial charge in [-0.3, -0.25) is 9.99 Å². The van der Waals surface area contributed by atoms with Crippen LogP contribution in [-0.4, -0.2) is 42.4 Å². The number of hydrogen-bond acceptors (Lipinski definition) is 4. The second-order valence-corrected chi connectivity index (χ2v) is 4.81. The molecule has 1 aliphatic heterocycles. The molecule has 0 saturated carbocycles. The number of anilines is 1. The van der Waals surface area contributed by atoms with Crippen LogP contribution in [0.2, 0.25) is 0 Å². The molecular weight excluding hydrogens is 248 g/mol. The Hall–Kier alpha value is -2.36. The van der Waals surface area contributed by atoms with Crippen LogP contribution in [0.1, 0.15) is 5.56 Å². The molecule has 0 radical (unpaired) electrons. The zero-order valence-corrected chi connectivity index (χ0v) is 11.4. The fraction of sp³-hybridized carbons (Fsp3) is 0.250. The first-order valence-electron chi connectivity index (χ1n) is 6.91. The summed E-state index contributed by atoms with van der Waals surface area (Å²) in [6.07, 6.45) is 5.48. The molecule has 1 aliphatic rings. The largest absolute Gasteiger partial charge is 0.368 e. The molecule has 0 aliphatic carbocycles. The minimum atomic E-state index is 0.950. The Labute approximate surface area is 119 Å². The van der Waals surface area contributed by atoms with Crippen molar-refractivity contribution in [1.29, 1.82) is 0 Å². The molecule has 0 N–H and O–H groups in total. The van der Waals surface area contributed by atoms with Crippen molar-refractivity contribution >= 4 is 11.9 Å².